The second-order valence-corrected chi connectivity index (χ2v) is 17.5. The van der Waals surface area contributed by atoms with Gasteiger partial charge in [-0.2, -0.15) is 0 Å². The van der Waals surface area contributed by atoms with E-state index >= 15 is 0 Å². The van der Waals surface area contributed by atoms with Crippen molar-refractivity contribution in [1.82, 2.24) is 0 Å². The molecule has 0 amide bonds. The van der Waals surface area contributed by atoms with E-state index in [-0.39, 0.29) is 10.1 Å². The summed E-state index contributed by atoms with van der Waals surface area (Å²) in [6.45, 7) is 12.2. The van der Waals surface area contributed by atoms with Gasteiger partial charge in [-0.25, -0.2) is 0 Å². The molecule has 0 nitrogen and oxygen atoms in total. The van der Waals surface area contributed by atoms with Crippen LogP contribution >= 0.6 is 21.8 Å². The summed E-state index contributed by atoms with van der Waals surface area (Å²) in [7, 11) is 0. The van der Waals surface area contributed by atoms with Gasteiger partial charge in [0.05, 0.1) is 0 Å². The fourth-order valence-electron chi connectivity index (χ4n) is 3.83. The maximum absolute atomic E-state index is 2.87. The number of hydrogen-bond donors (Lipinski definition) is 0. The molecule has 0 aliphatic carbocycles. The van der Waals surface area contributed by atoms with E-state index in [1.54, 1.807) is 0 Å². The minimum atomic E-state index is -1.69. The molecule has 0 aromatic heterocycles. The van der Waals surface area contributed by atoms with Crippen LogP contribution in [-0.2, 0) is 10.1 Å². The fourth-order valence-corrected chi connectivity index (χ4v) is 10.3. The second-order valence-electron chi connectivity index (χ2n) is 7.14. The highest BCUT2D eigenvalue weighted by Crippen LogP contribution is 2.51. The topological polar surface area (TPSA) is 0 Å². The Hall–Kier alpha value is -0.613. The zero-order valence-electron chi connectivity index (χ0n) is 14.4. The van der Waals surface area contributed by atoms with Gasteiger partial charge in [0.25, 0.3) is 0 Å². The first-order valence-corrected chi connectivity index (χ1v) is 13.4. The van der Waals surface area contributed by atoms with Gasteiger partial charge in [0.2, 0.25) is 0 Å². The lowest BCUT2D eigenvalue weighted by Gasteiger charge is -2.51. The lowest BCUT2D eigenvalue weighted by Crippen LogP contribution is -2.60. The van der Waals surface area contributed by atoms with Crippen LogP contribution in [0.1, 0.15) is 45.7 Å². The van der Waals surface area contributed by atoms with Crippen LogP contribution in [0.15, 0.2) is 60.7 Å². The number of benzene rings is 2. The van der Waals surface area contributed by atoms with E-state index in [0.29, 0.717) is 0 Å². The van der Waals surface area contributed by atoms with Crippen molar-refractivity contribution in [3.8, 4) is 0 Å². The molecule has 2 rings (SSSR count). The van der Waals surface area contributed by atoms with Crippen molar-refractivity contribution in [3.05, 3.63) is 71.8 Å². The number of halogens is 1. The zero-order valence-corrected chi connectivity index (χ0v) is 17.5. The van der Waals surface area contributed by atoms with Gasteiger partial charge in [-0.1, -0.05) is 95.3 Å². The minimum Gasteiger partial charge on any atom is -0.117 e. The van der Waals surface area contributed by atoms with E-state index in [0.717, 1.165) is 0 Å². The van der Waals surface area contributed by atoms with Gasteiger partial charge in [0.1, 0.15) is 5.57 Å². The van der Waals surface area contributed by atoms with Crippen molar-refractivity contribution in [1.29, 1.82) is 0 Å². The molecular formula is C20H27ISi. The van der Waals surface area contributed by atoms with E-state index < -0.39 is 5.57 Å². The van der Waals surface area contributed by atoms with Crippen LogP contribution < -0.4 is 0 Å². The fraction of sp³-hybridized carbons (Fsp3) is 0.400. The summed E-state index contributed by atoms with van der Waals surface area (Å²) in [5.41, 5.74) is 1.26. The van der Waals surface area contributed by atoms with Gasteiger partial charge < -0.3 is 0 Å². The quantitative estimate of drug-likeness (QED) is 0.296. The molecule has 0 saturated carbocycles. The standard InChI is InChI=1S/C20H27ISi/c1-6-22(21,19(2,3)17-13-9-7-10-14-17)20(4,5)18-15-11-8-12-16-18/h7-16H,6H2,1-5H3. The van der Waals surface area contributed by atoms with Gasteiger partial charge in [-0.05, 0) is 27.2 Å². The predicted molar refractivity (Wildman–Crippen MR) is 109 cm³/mol. The van der Waals surface area contributed by atoms with Crippen LogP contribution in [0.25, 0.3) is 0 Å². The average molecular weight is 422 g/mol. The molecule has 0 fully saturated rings. The molecule has 0 bridgehead atoms. The van der Waals surface area contributed by atoms with Gasteiger partial charge in [0.15, 0.2) is 0 Å². The first kappa shape index (κ1) is 17.7. The Morgan fingerprint density at radius 2 is 1.05 bits per heavy atom. The van der Waals surface area contributed by atoms with Gasteiger partial charge in [-0.15, -0.1) is 21.8 Å². The van der Waals surface area contributed by atoms with Crippen molar-refractivity contribution in [2.45, 2.75) is 50.7 Å². The van der Waals surface area contributed by atoms with E-state index in [4.69, 9.17) is 0 Å². The maximum atomic E-state index is 2.87. The number of rotatable bonds is 5. The third-order valence-electron chi connectivity index (χ3n) is 5.46. The van der Waals surface area contributed by atoms with Crippen LogP contribution in [0.2, 0.25) is 6.04 Å². The Bertz CT molecular complexity index is 551. The maximum Gasteiger partial charge on any atom is 0.145 e. The molecule has 2 aromatic carbocycles. The summed E-state index contributed by atoms with van der Waals surface area (Å²) in [5.74, 6) is 0. The molecule has 0 heterocycles. The van der Waals surface area contributed by atoms with Crippen LogP contribution in [0.4, 0.5) is 0 Å². The molecule has 0 atom stereocenters. The highest BCUT2D eigenvalue weighted by Gasteiger charge is 2.55. The summed E-state index contributed by atoms with van der Waals surface area (Å²) in [6.07, 6.45) is 0. The van der Waals surface area contributed by atoms with E-state index in [1.807, 2.05) is 0 Å². The summed E-state index contributed by atoms with van der Waals surface area (Å²) in [5, 5.41) is 0.422. The molecular weight excluding hydrogens is 395 g/mol. The Balaban J connectivity index is 2.57. The Morgan fingerprint density at radius 1 is 0.727 bits per heavy atom. The molecule has 0 spiro atoms. The van der Waals surface area contributed by atoms with Gasteiger partial charge >= 0.3 is 0 Å². The van der Waals surface area contributed by atoms with Crippen molar-refractivity contribution in [3.63, 3.8) is 0 Å². The number of hydrogen-bond acceptors (Lipinski definition) is 0. The molecule has 2 heteroatoms. The largest absolute Gasteiger partial charge is 0.145 e. The molecule has 0 N–H and O–H groups in total. The van der Waals surface area contributed by atoms with E-state index in [2.05, 4.69) is 117 Å². The zero-order chi connectivity index (χ0) is 16.4. The van der Waals surface area contributed by atoms with Crippen LogP contribution in [0.3, 0.4) is 0 Å². The van der Waals surface area contributed by atoms with Crippen LogP contribution in [0.5, 0.6) is 0 Å². The molecule has 0 aliphatic rings. The third-order valence-corrected chi connectivity index (χ3v) is 21.4. The minimum absolute atomic E-state index is 0.211. The Kier molecular flexibility index (Phi) is 5.22. The molecule has 0 saturated heterocycles. The van der Waals surface area contributed by atoms with Crippen molar-refractivity contribution in [2.24, 2.45) is 0 Å². The Morgan fingerprint density at radius 3 is 1.32 bits per heavy atom. The van der Waals surface area contributed by atoms with Gasteiger partial charge in [0, 0.05) is 0 Å². The Labute approximate surface area is 149 Å². The van der Waals surface area contributed by atoms with Crippen LogP contribution in [-0.4, -0.2) is 5.57 Å². The normalized spacial score (nSPS) is 13.2. The monoisotopic (exact) mass is 422 g/mol. The lowest BCUT2D eigenvalue weighted by molar-refractivity contribution is 0.628. The van der Waals surface area contributed by atoms with Crippen LogP contribution in [0, 0.1) is 0 Å². The molecule has 0 unspecified atom stereocenters. The first-order chi connectivity index (χ1) is 10.3. The summed E-state index contributed by atoms with van der Waals surface area (Å²) in [6, 6.07) is 23.4. The highest BCUT2D eigenvalue weighted by molar-refractivity contribution is 14.1. The predicted octanol–water partition coefficient (Wildman–Crippen LogP) is 6.42. The average Bonchev–Trinajstić information content (AvgIpc) is 2.55. The summed E-state index contributed by atoms with van der Waals surface area (Å²) in [4.78, 5) is 0. The SMILES string of the molecule is CC[Si](I)(C(C)(C)c1ccccc1)C(C)(C)c1ccccc1. The van der Waals surface area contributed by atoms with Gasteiger partial charge in [-0.3, -0.25) is 0 Å². The van der Waals surface area contributed by atoms with E-state index in [1.165, 1.54) is 17.2 Å². The van der Waals surface area contributed by atoms with Crippen molar-refractivity contribution in [2.75, 3.05) is 0 Å². The van der Waals surface area contributed by atoms with Crippen molar-refractivity contribution < 1.29 is 0 Å². The second kappa shape index (κ2) is 6.48. The summed E-state index contributed by atoms with van der Waals surface area (Å²) < 4.78 is 0. The molecule has 2 aromatic rings. The van der Waals surface area contributed by atoms with E-state index in [9.17, 15) is 0 Å². The third kappa shape index (κ3) is 2.80. The molecule has 118 valence electrons. The molecule has 22 heavy (non-hydrogen) atoms. The lowest BCUT2D eigenvalue weighted by atomic mass is 10.0. The molecule has 0 aliphatic heterocycles. The highest BCUT2D eigenvalue weighted by atomic mass is 127. The summed E-state index contributed by atoms with van der Waals surface area (Å²) >= 11 is 2.87. The first-order valence-electron chi connectivity index (χ1n) is 8.07. The molecule has 0 radical (unpaired) electrons. The smallest absolute Gasteiger partial charge is 0.117 e. The van der Waals surface area contributed by atoms with Crippen molar-refractivity contribution >= 4 is 27.4 Å².